The Morgan fingerprint density at radius 2 is 1.08 bits per heavy atom. The Bertz CT molecular complexity index is 2560. The zero-order valence-electron chi connectivity index (χ0n) is 41.2. The van der Waals surface area contributed by atoms with Crippen molar-refractivity contribution in [2.75, 3.05) is 26.9 Å². The number of carbonyl (C=O) groups excluding carboxylic acids is 2. The first kappa shape index (κ1) is 53.9. The third kappa shape index (κ3) is 17.7. The van der Waals surface area contributed by atoms with Gasteiger partial charge in [0.2, 0.25) is 0 Å². The van der Waals surface area contributed by atoms with Crippen LogP contribution >= 0.6 is 0 Å². The van der Waals surface area contributed by atoms with Gasteiger partial charge in [0, 0.05) is 11.3 Å². The average Bonchev–Trinajstić information content (AvgIpc) is 3.43. The molecule has 6 aromatic rings. The third-order valence-electron chi connectivity index (χ3n) is 12.0. The maximum atomic E-state index is 13.2. The second-order valence-corrected chi connectivity index (χ2v) is 17.4. The molecule has 0 radical (unpaired) electrons. The molecule has 0 N–H and O–H groups in total. The quantitative estimate of drug-likeness (QED) is 0.0181. The van der Waals surface area contributed by atoms with E-state index in [1.165, 1.54) is 6.92 Å². The number of benzene rings is 6. The van der Waals surface area contributed by atoms with E-state index in [-0.39, 0.29) is 71.5 Å². The predicted octanol–water partition coefficient (Wildman–Crippen LogP) is 10.3. The molecule has 73 heavy (non-hydrogen) atoms. The van der Waals surface area contributed by atoms with Gasteiger partial charge in [0.15, 0.2) is 6.29 Å². The molecule has 0 unspecified atom stereocenters. The molecule has 1 fully saturated rings. The first-order valence-corrected chi connectivity index (χ1v) is 24.4. The van der Waals surface area contributed by atoms with Crippen LogP contribution in [0.25, 0.3) is 10.4 Å². The van der Waals surface area contributed by atoms with Gasteiger partial charge in [-0.2, -0.15) is 0 Å². The van der Waals surface area contributed by atoms with Crippen LogP contribution in [0.4, 0.5) is 0 Å². The highest BCUT2D eigenvalue weighted by Crippen LogP contribution is 2.33. The van der Waals surface area contributed by atoms with E-state index >= 15 is 0 Å². The molecule has 1 heterocycles. The molecule has 1 aliphatic heterocycles. The van der Waals surface area contributed by atoms with Crippen LogP contribution in [0.2, 0.25) is 0 Å². The van der Waals surface area contributed by atoms with Crippen molar-refractivity contribution in [3.63, 3.8) is 0 Å². The molecule has 0 amide bonds. The minimum Gasteiger partial charge on any atom is -0.497 e. The fourth-order valence-corrected chi connectivity index (χ4v) is 8.11. The minimum atomic E-state index is -1.33. The Morgan fingerprint density at radius 1 is 0.589 bits per heavy atom. The Hall–Kier alpha value is -6.91. The number of Topliss-reactive ketones (excluding diaryl/α,β-unsaturated/α-hetero) is 1. The average molecular weight is 994 g/mol. The summed E-state index contributed by atoms with van der Waals surface area (Å²) >= 11 is 0. The van der Waals surface area contributed by atoms with Crippen molar-refractivity contribution in [3.05, 3.63) is 214 Å². The highest BCUT2D eigenvalue weighted by atomic mass is 16.7. The molecule has 6 aromatic carbocycles. The zero-order valence-corrected chi connectivity index (χ0v) is 41.2. The Balaban J connectivity index is 1.29. The number of hydrogen-bond donors (Lipinski definition) is 0. The van der Waals surface area contributed by atoms with Crippen LogP contribution in [0.15, 0.2) is 181 Å². The number of hydrogen-bond acceptors (Lipinski definition) is 13. The van der Waals surface area contributed by atoms with Crippen molar-refractivity contribution in [2.24, 2.45) is 5.11 Å². The van der Waals surface area contributed by atoms with E-state index < -0.39 is 54.9 Å². The lowest BCUT2D eigenvalue weighted by molar-refractivity contribution is -0.309. The van der Waals surface area contributed by atoms with Gasteiger partial charge in [-0.05, 0) is 64.5 Å². The Kier molecular flexibility index (Phi) is 21.8. The molecule has 382 valence electrons. The number of methoxy groups -OCH3 is 1. The Morgan fingerprint density at radius 3 is 1.60 bits per heavy atom. The molecule has 15 heteroatoms. The number of ketones is 1. The molecular weight excluding hydrogens is 931 g/mol. The van der Waals surface area contributed by atoms with Crippen LogP contribution in [0.1, 0.15) is 47.6 Å². The largest absolute Gasteiger partial charge is 0.497 e. The van der Waals surface area contributed by atoms with Gasteiger partial charge in [0.25, 0.3) is 0 Å². The summed E-state index contributed by atoms with van der Waals surface area (Å²) in [6, 6.07) is 54.1. The summed E-state index contributed by atoms with van der Waals surface area (Å²) in [5.74, 6) is 0.376. The molecule has 0 aromatic heterocycles. The molecule has 7 rings (SSSR count). The van der Waals surface area contributed by atoms with E-state index in [1.807, 2.05) is 152 Å². The highest BCUT2D eigenvalue weighted by molar-refractivity contribution is 5.81. The summed E-state index contributed by atoms with van der Waals surface area (Å²) < 4.78 is 65.5. The van der Waals surface area contributed by atoms with Crippen LogP contribution in [0, 0.1) is 0 Å². The first-order chi connectivity index (χ1) is 35.8. The summed E-state index contributed by atoms with van der Waals surface area (Å²) in [4.78, 5) is 28.5. The third-order valence-corrected chi connectivity index (χ3v) is 12.0. The van der Waals surface area contributed by atoms with Crippen molar-refractivity contribution in [1.29, 1.82) is 0 Å². The van der Waals surface area contributed by atoms with Crippen LogP contribution in [0.3, 0.4) is 0 Å². The lowest BCUT2D eigenvalue weighted by atomic mass is 9.96. The molecule has 8 atom stereocenters. The lowest BCUT2D eigenvalue weighted by Crippen LogP contribution is -2.62. The highest BCUT2D eigenvalue weighted by Gasteiger charge is 2.50. The molecule has 1 aliphatic rings. The fraction of sp³-hybridized carbons (Fsp3) is 0.345. The SMILES string of the molecule is COc1ccc(OC[C@@H](O[C@@H]2O[C@H](COCc3ccccc3)[C@@H](OCc3ccccc3)[C@H](OCc3ccccc3)[C@H]2N=[N+]=[N-])[C@@H](OCc2ccccc2)[C@H](COC(=O)CCC(C)=O)OCc2ccccc2)cc1. The van der Waals surface area contributed by atoms with E-state index in [1.54, 1.807) is 31.4 Å². The number of esters is 1. The van der Waals surface area contributed by atoms with Crippen LogP contribution in [-0.2, 0) is 80.5 Å². The van der Waals surface area contributed by atoms with Crippen LogP contribution < -0.4 is 9.47 Å². The summed E-state index contributed by atoms with van der Waals surface area (Å²) in [5.41, 5.74) is 14.8. The summed E-state index contributed by atoms with van der Waals surface area (Å²) in [5, 5.41) is 4.35. The molecule has 1 saturated heterocycles. The maximum absolute atomic E-state index is 13.2. The smallest absolute Gasteiger partial charge is 0.306 e. The maximum Gasteiger partial charge on any atom is 0.306 e. The lowest BCUT2D eigenvalue weighted by Gasteiger charge is -2.46. The van der Waals surface area contributed by atoms with Crippen molar-refractivity contribution < 1.29 is 57.0 Å². The van der Waals surface area contributed by atoms with E-state index in [2.05, 4.69) is 10.0 Å². The summed E-state index contributed by atoms with van der Waals surface area (Å²) in [6.07, 6.45) is -7.26. The zero-order chi connectivity index (χ0) is 50.9. The van der Waals surface area contributed by atoms with E-state index in [0.29, 0.717) is 11.5 Å². The Labute approximate surface area is 426 Å². The molecular formula is C58H63N3O12. The minimum absolute atomic E-state index is 0.0172. The van der Waals surface area contributed by atoms with Crippen molar-refractivity contribution in [2.45, 2.75) is 102 Å². The van der Waals surface area contributed by atoms with Crippen molar-refractivity contribution >= 4 is 11.8 Å². The van der Waals surface area contributed by atoms with Gasteiger partial charge in [-0.1, -0.05) is 157 Å². The molecule has 0 spiro atoms. The van der Waals surface area contributed by atoms with Gasteiger partial charge in [0.05, 0.1) is 53.2 Å². The predicted molar refractivity (Wildman–Crippen MR) is 272 cm³/mol. The number of nitrogens with zero attached hydrogens (tertiary/aromatic N) is 3. The van der Waals surface area contributed by atoms with E-state index in [4.69, 9.17) is 47.4 Å². The first-order valence-electron chi connectivity index (χ1n) is 24.4. The second-order valence-electron chi connectivity index (χ2n) is 17.4. The fourth-order valence-electron chi connectivity index (χ4n) is 8.11. The number of azide groups is 1. The second kappa shape index (κ2) is 29.6. The van der Waals surface area contributed by atoms with E-state index in [0.717, 1.165) is 27.8 Å². The van der Waals surface area contributed by atoms with Gasteiger partial charge in [-0.25, -0.2) is 0 Å². The van der Waals surface area contributed by atoms with Crippen LogP contribution in [-0.4, -0.2) is 87.6 Å². The summed E-state index contributed by atoms with van der Waals surface area (Å²) in [7, 11) is 1.58. The monoisotopic (exact) mass is 993 g/mol. The molecule has 0 bridgehead atoms. The standard InChI is InChI=1S/C58H63N3O12/c1-42(62)28-33-53(63)68-40-50(67-35-44-20-10-4-11-21-44)55(69-36-45-22-12-5-13-23-45)52(41-66-49-31-29-48(64-2)30-32-49)73-58-54(60-61-59)57(71-38-47-26-16-7-17-27-47)56(70-37-46-24-14-6-15-25-46)51(72-58)39-65-34-43-18-8-3-9-19-43/h3-27,29-32,50-52,54-58H,28,33-41H2,1-2H3/t50-,51+,52+,54+,55-,56+,57+,58-/m0/s1. The molecule has 0 aliphatic carbocycles. The normalized spacial score (nSPS) is 18.6. The van der Waals surface area contributed by atoms with Gasteiger partial charge >= 0.3 is 5.97 Å². The van der Waals surface area contributed by atoms with E-state index in [9.17, 15) is 15.1 Å². The number of rotatable bonds is 30. The topological polar surface area (TPSA) is 175 Å². The number of ether oxygens (including phenoxy) is 10. The van der Waals surface area contributed by atoms with Gasteiger partial charge in [-0.3, -0.25) is 4.79 Å². The van der Waals surface area contributed by atoms with Crippen molar-refractivity contribution in [1.82, 2.24) is 0 Å². The molecule has 0 saturated carbocycles. The van der Waals surface area contributed by atoms with Crippen molar-refractivity contribution in [3.8, 4) is 11.5 Å². The van der Waals surface area contributed by atoms with Crippen LogP contribution in [0.5, 0.6) is 11.5 Å². The molecule has 15 nitrogen and oxygen atoms in total. The van der Waals surface area contributed by atoms with Gasteiger partial charge in [-0.15, -0.1) is 0 Å². The summed E-state index contributed by atoms with van der Waals surface area (Å²) in [6.45, 7) is 1.76. The van der Waals surface area contributed by atoms with Gasteiger partial charge in [0.1, 0.15) is 73.2 Å². The number of carbonyl (C=O) groups is 2. The van der Waals surface area contributed by atoms with Gasteiger partial charge < -0.3 is 52.2 Å².